The number of hydrogen-bond acceptors (Lipinski definition) is 4. The summed E-state index contributed by atoms with van der Waals surface area (Å²) in [7, 11) is 0. The maximum Gasteiger partial charge on any atom is 0.255 e. The smallest absolute Gasteiger partial charge is 0.255 e. The van der Waals surface area contributed by atoms with Crippen molar-refractivity contribution in [2.45, 2.75) is 20.0 Å². The van der Waals surface area contributed by atoms with Gasteiger partial charge in [0, 0.05) is 11.8 Å². The van der Waals surface area contributed by atoms with Gasteiger partial charge in [-0.3, -0.25) is 0 Å². The summed E-state index contributed by atoms with van der Waals surface area (Å²) in [5.74, 6) is -0.376. The number of pyridine rings is 1. The number of ether oxygens (including phenoxy) is 1. The summed E-state index contributed by atoms with van der Waals surface area (Å²) in [4.78, 5) is 3.93. The van der Waals surface area contributed by atoms with E-state index in [9.17, 15) is 14.0 Å². The third-order valence-electron chi connectivity index (χ3n) is 3.62. The van der Waals surface area contributed by atoms with Crippen LogP contribution in [0.5, 0.6) is 11.6 Å². The lowest BCUT2D eigenvalue weighted by Gasteiger charge is -2.11. The molecule has 126 valence electrons. The molecular weight excluding hydrogens is 326 g/mol. The van der Waals surface area contributed by atoms with Crippen LogP contribution in [0, 0.1) is 24.1 Å². The van der Waals surface area contributed by atoms with Crippen molar-refractivity contribution in [1.29, 1.82) is 5.26 Å². The molecule has 0 amide bonds. The molecule has 2 aromatic heterocycles. The highest BCUT2D eigenvalue weighted by molar-refractivity contribution is 5.74. The van der Waals surface area contributed by atoms with E-state index in [0.29, 0.717) is 16.7 Å². The minimum atomic E-state index is -1.22. The second kappa shape index (κ2) is 6.73. The Kier molecular flexibility index (Phi) is 4.48. The number of furan rings is 1. The average Bonchev–Trinajstić information content (AvgIpc) is 3.07. The maximum atomic E-state index is 14.0. The van der Waals surface area contributed by atoms with Crippen LogP contribution in [0.25, 0.3) is 11.3 Å². The Bertz CT molecular complexity index is 958. The lowest BCUT2D eigenvalue weighted by atomic mass is 10.0. The molecule has 1 aromatic carbocycles. The summed E-state index contributed by atoms with van der Waals surface area (Å²) in [6, 6.07) is 9.57. The van der Waals surface area contributed by atoms with E-state index in [4.69, 9.17) is 9.15 Å². The van der Waals surface area contributed by atoms with E-state index < -0.39 is 12.0 Å². The average molecular weight is 340 g/mol. The highest BCUT2D eigenvalue weighted by Crippen LogP contribution is 2.38. The van der Waals surface area contributed by atoms with Gasteiger partial charge in [-0.1, -0.05) is 6.07 Å². The lowest BCUT2D eigenvalue weighted by molar-refractivity contribution is 0.371. The molecule has 0 saturated heterocycles. The van der Waals surface area contributed by atoms with E-state index in [2.05, 4.69) is 4.98 Å². The highest BCUT2D eigenvalue weighted by atomic mass is 19.1. The number of benzene rings is 1. The maximum absolute atomic E-state index is 14.0. The zero-order valence-electron chi connectivity index (χ0n) is 13.6. The summed E-state index contributed by atoms with van der Waals surface area (Å²) < 4.78 is 38.5. The van der Waals surface area contributed by atoms with Crippen molar-refractivity contribution >= 4 is 0 Å². The molecule has 0 aliphatic rings. The van der Waals surface area contributed by atoms with Gasteiger partial charge >= 0.3 is 0 Å². The highest BCUT2D eigenvalue weighted by Gasteiger charge is 2.19. The van der Waals surface area contributed by atoms with Gasteiger partial charge in [0.1, 0.15) is 23.8 Å². The van der Waals surface area contributed by atoms with E-state index >= 15 is 0 Å². The third-order valence-corrected chi connectivity index (χ3v) is 3.62. The largest absolute Gasteiger partial charge is 0.464 e. The van der Waals surface area contributed by atoms with Crippen LogP contribution in [0.1, 0.15) is 29.8 Å². The number of aromatic nitrogens is 1. The molecule has 4 nitrogen and oxygen atoms in total. The molecule has 0 N–H and O–H groups in total. The van der Waals surface area contributed by atoms with Crippen molar-refractivity contribution in [3.63, 3.8) is 0 Å². The molecule has 0 aliphatic carbocycles. The molecule has 0 radical (unpaired) electrons. The van der Waals surface area contributed by atoms with Gasteiger partial charge in [0.2, 0.25) is 0 Å². The summed E-state index contributed by atoms with van der Waals surface area (Å²) in [6.07, 6.45) is 1.54. The van der Waals surface area contributed by atoms with E-state index in [0.717, 1.165) is 0 Å². The second-order valence-electron chi connectivity index (χ2n) is 5.55. The van der Waals surface area contributed by atoms with E-state index in [-0.39, 0.29) is 23.0 Å². The van der Waals surface area contributed by atoms with Gasteiger partial charge in [-0.2, -0.15) is 5.26 Å². The molecule has 3 aromatic rings. The van der Waals surface area contributed by atoms with Gasteiger partial charge in [-0.15, -0.1) is 0 Å². The Morgan fingerprint density at radius 3 is 2.76 bits per heavy atom. The molecular formula is C19H14F2N2O2. The van der Waals surface area contributed by atoms with E-state index in [1.165, 1.54) is 31.5 Å². The van der Waals surface area contributed by atoms with Crippen molar-refractivity contribution in [3.05, 3.63) is 65.3 Å². The van der Waals surface area contributed by atoms with Gasteiger partial charge < -0.3 is 9.15 Å². The van der Waals surface area contributed by atoms with Gasteiger partial charge in [0.15, 0.2) is 5.82 Å². The first kappa shape index (κ1) is 16.7. The van der Waals surface area contributed by atoms with E-state index in [1.807, 2.05) is 6.07 Å². The topological polar surface area (TPSA) is 59.0 Å². The predicted octanol–water partition coefficient (Wildman–Crippen LogP) is 5.48. The number of aryl methyl sites for hydroxylation is 1. The Labute approximate surface area is 143 Å². The van der Waals surface area contributed by atoms with Crippen molar-refractivity contribution in [1.82, 2.24) is 4.98 Å². The molecule has 0 aliphatic heterocycles. The minimum absolute atomic E-state index is 0.196. The van der Waals surface area contributed by atoms with E-state index in [1.54, 1.807) is 25.1 Å². The van der Waals surface area contributed by atoms with Crippen molar-refractivity contribution in [2.75, 3.05) is 0 Å². The fourth-order valence-corrected chi connectivity index (χ4v) is 2.35. The Balaban J connectivity index is 2.09. The summed E-state index contributed by atoms with van der Waals surface area (Å²) in [6.45, 7) is 3.10. The molecule has 0 saturated carbocycles. The Morgan fingerprint density at radius 1 is 1.32 bits per heavy atom. The van der Waals surface area contributed by atoms with Crippen LogP contribution in [0.3, 0.4) is 0 Å². The number of rotatable bonds is 4. The quantitative estimate of drug-likeness (QED) is 0.630. The molecule has 0 spiro atoms. The van der Waals surface area contributed by atoms with Gasteiger partial charge in [0.25, 0.3) is 5.88 Å². The van der Waals surface area contributed by atoms with Crippen LogP contribution in [0.2, 0.25) is 0 Å². The third kappa shape index (κ3) is 3.36. The summed E-state index contributed by atoms with van der Waals surface area (Å²) in [5, 5.41) is 9.37. The monoisotopic (exact) mass is 340 g/mol. The van der Waals surface area contributed by atoms with Crippen molar-refractivity contribution in [2.24, 2.45) is 0 Å². The summed E-state index contributed by atoms with van der Waals surface area (Å²) >= 11 is 0. The van der Waals surface area contributed by atoms with Crippen LogP contribution in [-0.4, -0.2) is 4.98 Å². The molecule has 1 unspecified atom stereocenters. The number of halogens is 2. The van der Waals surface area contributed by atoms with Crippen LogP contribution < -0.4 is 4.74 Å². The van der Waals surface area contributed by atoms with Crippen LogP contribution in [-0.2, 0) is 0 Å². The molecule has 25 heavy (non-hydrogen) atoms. The predicted molar refractivity (Wildman–Crippen MR) is 87.4 cm³/mol. The fraction of sp³-hybridized carbons (Fsp3) is 0.158. The van der Waals surface area contributed by atoms with Crippen LogP contribution >= 0.6 is 0 Å². The fourth-order valence-electron chi connectivity index (χ4n) is 2.35. The first-order chi connectivity index (χ1) is 12.0. The SMILES string of the molecule is Cc1cnc(Oc2cccc(C#N)c2-c2cc(C(C)F)co2)c(F)c1. The summed E-state index contributed by atoms with van der Waals surface area (Å²) in [5.41, 5.74) is 1.58. The first-order valence-electron chi connectivity index (χ1n) is 7.55. The van der Waals surface area contributed by atoms with Crippen molar-refractivity contribution in [3.8, 4) is 29.0 Å². The Morgan fingerprint density at radius 2 is 2.12 bits per heavy atom. The van der Waals surface area contributed by atoms with Gasteiger partial charge in [0.05, 0.1) is 17.4 Å². The molecule has 3 rings (SSSR count). The molecule has 2 heterocycles. The Hall–Kier alpha value is -3.20. The zero-order chi connectivity index (χ0) is 18.0. The first-order valence-corrected chi connectivity index (χ1v) is 7.55. The number of alkyl halides is 1. The minimum Gasteiger partial charge on any atom is -0.464 e. The van der Waals surface area contributed by atoms with Crippen LogP contribution in [0.4, 0.5) is 8.78 Å². The zero-order valence-corrected chi connectivity index (χ0v) is 13.6. The second-order valence-corrected chi connectivity index (χ2v) is 5.55. The standard InChI is InChI=1S/C19H14F2N2O2/c1-11-6-15(21)19(23-9-11)25-16-5-3-4-13(8-22)18(16)17-7-14(10-24-17)12(2)20/h3-7,9-10,12H,1-2H3. The molecule has 0 fully saturated rings. The normalized spacial score (nSPS) is 11.8. The molecule has 1 atom stereocenters. The number of nitrogens with zero attached hydrogens (tertiary/aromatic N) is 2. The van der Waals surface area contributed by atoms with Gasteiger partial charge in [-0.05, 0) is 43.7 Å². The van der Waals surface area contributed by atoms with Crippen molar-refractivity contribution < 1.29 is 17.9 Å². The molecule has 6 heteroatoms. The molecule has 0 bridgehead atoms. The number of hydrogen-bond donors (Lipinski definition) is 0. The number of nitriles is 1. The van der Waals surface area contributed by atoms with Gasteiger partial charge in [-0.25, -0.2) is 13.8 Å². The lowest BCUT2D eigenvalue weighted by Crippen LogP contribution is -1.96. The van der Waals surface area contributed by atoms with Crippen LogP contribution in [0.15, 0.2) is 47.2 Å².